The molecular weight excluding hydrogens is 372 g/mol. The second-order valence-corrected chi connectivity index (χ2v) is 7.44. The van der Waals surface area contributed by atoms with Crippen LogP contribution in [0.5, 0.6) is 0 Å². The summed E-state index contributed by atoms with van der Waals surface area (Å²) in [7, 11) is 0. The molecule has 0 unspecified atom stereocenters. The topological polar surface area (TPSA) is 49.4 Å². The lowest BCUT2D eigenvalue weighted by molar-refractivity contribution is -0.120. The van der Waals surface area contributed by atoms with E-state index in [-0.39, 0.29) is 11.8 Å². The van der Waals surface area contributed by atoms with Crippen molar-refractivity contribution in [2.75, 3.05) is 11.4 Å². The van der Waals surface area contributed by atoms with Crippen LogP contribution in [-0.4, -0.2) is 18.4 Å². The molecule has 0 heterocycles. The summed E-state index contributed by atoms with van der Waals surface area (Å²) in [4.78, 5) is 27.0. The van der Waals surface area contributed by atoms with Gasteiger partial charge in [0.05, 0.1) is 13.0 Å². The molecule has 3 rings (SSSR count). The highest BCUT2D eigenvalue weighted by molar-refractivity contribution is 6.06. The number of rotatable bonds is 8. The summed E-state index contributed by atoms with van der Waals surface area (Å²) in [5.74, 6) is -0.0351. The number of carbonyl (C=O) groups is 2. The van der Waals surface area contributed by atoms with Gasteiger partial charge in [-0.2, -0.15) is 0 Å². The first-order valence-corrected chi connectivity index (χ1v) is 10.3. The van der Waals surface area contributed by atoms with Crippen molar-refractivity contribution in [3.05, 3.63) is 101 Å². The zero-order chi connectivity index (χ0) is 21.3. The van der Waals surface area contributed by atoms with Gasteiger partial charge in [0.1, 0.15) is 0 Å². The summed E-state index contributed by atoms with van der Waals surface area (Å²) in [6.45, 7) is 5.24. The summed E-state index contributed by atoms with van der Waals surface area (Å²) in [6.07, 6.45) is 1.25. The maximum Gasteiger partial charge on any atom is 0.258 e. The molecule has 2 amide bonds. The van der Waals surface area contributed by atoms with Crippen molar-refractivity contribution in [3.8, 4) is 0 Å². The van der Waals surface area contributed by atoms with Gasteiger partial charge in [0.15, 0.2) is 0 Å². The zero-order valence-corrected chi connectivity index (χ0v) is 17.6. The van der Waals surface area contributed by atoms with Gasteiger partial charge in [0.25, 0.3) is 5.91 Å². The number of hydrogen-bond donors (Lipinski definition) is 1. The van der Waals surface area contributed by atoms with E-state index in [4.69, 9.17) is 0 Å². The minimum atomic E-state index is -0.0504. The molecule has 154 valence electrons. The van der Waals surface area contributed by atoms with Gasteiger partial charge < -0.3 is 10.2 Å². The number of carbonyl (C=O) groups excluding carboxylic acids is 2. The van der Waals surface area contributed by atoms with E-state index in [9.17, 15) is 9.59 Å². The van der Waals surface area contributed by atoms with E-state index in [1.54, 1.807) is 4.90 Å². The number of nitrogens with one attached hydrogen (secondary N) is 1. The third-order valence-corrected chi connectivity index (χ3v) is 4.87. The molecule has 0 aromatic heterocycles. The van der Waals surface area contributed by atoms with Gasteiger partial charge in [0, 0.05) is 17.8 Å². The number of hydrogen-bond acceptors (Lipinski definition) is 2. The van der Waals surface area contributed by atoms with Gasteiger partial charge in [-0.3, -0.25) is 9.59 Å². The Morgan fingerprint density at radius 1 is 0.867 bits per heavy atom. The molecule has 0 fully saturated rings. The van der Waals surface area contributed by atoms with Crippen molar-refractivity contribution < 1.29 is 9.59 Å². The molecule has 0 aliphatic heterocycles. The molecule has 1 N–H and O–H groups in total. The van der Waals surface area contributed by atoms with Crippen LogP contribution in [-0.2, 0) is 17.8 Å². The number of amides is 2. The lowest BCUT2D eigenvalue weighted by atomic mass is 10.1. The summed E-state index contributed by atoms with van der Waals surface area (Å²) in [5, 5.41) is 2.89. The van der Waals surface area contributed by atoms with Crippen LogP contribution >= 0.6 is 0 Å². The standard InChI is InChI=1S/C26H28N2O2/c1-3-16-27-25(29)18-21-12-14-24(15-13-21)28(19-22-9-7-8-20(2)17-22)26(30)23-10-5-4-6-11-23/h4-15,17H,3,16,18-19H2,1-2H3,(H,27,29). The van der Waals surface area contributed by atoms with Crippen molar-refractivity contribution in [3.63, 3.8) is 0 Å². The molecule has 4 nitrogen and oxygen atoms in total. The molecule has 0 aliphatic carbocycles. The highest BCUT2D eigenvalue weighted by Gasteiger charge is 2.18. The predicted octanol–water partition coefficient (Wildman–Crippen LogP) is 4.91. The van der Waals surface area contributed by atoms with Gasteiger partial charge in [-0.05, 0) is 48.7 Å². The Morgan fingerprint density at radius 3 is 2.27 bits per heavy atom. The fourth-order valence-corrected chi connectivity index (χ4v) is 3.32. The molecule has 3 aromatic rings. The van der Waals surface area contributed by atoms with Crippen LogP contribution in [0.1, 0.15) is 40.4 Å². The van der Waals surface area contributed by atoms with Crippen molar-refractivity contribution in [2.24, 2.45) is 0 Å². The second kappa shape index (κ2) is 10.4. The van der Waals surface area contributed by atoms with Gasteiger partial charge in [-0.1, -0.05) is 67.1 Å². The smallest absolute Gasteiger partial charge is 0.258 e. The highest BCUT2D eigenvalue weighted by Crippen LogP contribution is 2.22. The van der Waals surface area contributed by atoms with Crippen molar-refractivity contribution in [1.82, 2.24) is 5.32 Å². The summed E-state index contributed by atoms with van der Waals surface area (Å²) < 4.78 is 0. The van der Waals surface area contributed by atoms with Crippen LogP contribution in [0.4, 0.5) is 5.69 Å². The normalized spacial score (nSPS) is 10.5. The maximum absolute atomic E-state index is 13.3. The molecule has 4 heteroatoms. The quantitative estimate of drug-likeness (QED) is 0.584. The fraction of sp³-hybridized carbons (Fsp3) is 0.231. The third-order valence-electron chi connectivity index (χ3n) is 4.87. The van der Waals surface area contributed by atoms with E-state index in [1.807, 2.05) is 86.6 Å². The first-order chi connectivity index (χ1) is 14.6. The van der Waals surface area contributed by atoms with E-state index in [2.05, 4.69) is 11.4 Å². The maximum atomic E-state index is 13.3. The van der Waals surface area contributed by atoms with Crippen LogP contribution in [0.2, 0.25) is 0 Å². The van der Waals surface area contributed by atoms with Gasteiger partial charge >= 0.3 is 0 Å². The van der Waals surface area contributed by atoms with E-state index < -0.39 is 0 Å². The van der Waals surface area contributed by atoms with Crippen LogP contribution in [0.25, 0.3) is 0 Å². The summed E-state index contributed by atoms with van der Waals surface area (Å²) in [5.41, 5.74) is 4.61. The Bertz CT molecular complexity index is 981. The number of anilines is 1. The molecule has 30 heavy (non-hydrogen) atoms. The average molecular weight is 401 g/mol. The molecule has 3 aromatic carbocycles. The molecule has 0 atom stereocenters. The van der Waals surface area contributed by atoms with Crippen LogP contribution in [0.15, 0.2) is 78.9 Å². The Labute approximate surface area is 178 Å². The third kappa shape index (κ3) is 5.80. The Balaban J connectivity index is 1.84. The minimum absolute atomic E-state index is 0.0154. The lowest BCUT2D eigenvalue weighted by Crippen LogP contribution is -2.30. The predicted molar refractivity (Wildman–Crippen MR) is 122 cm³/mol. The van der Waals surface area contributed by atoms with E-state index in [0.29, 0.717) is 25.1 Å². The first-order valence-electron chi connectivity index (χ1n) is 10.3. The van der Waals surface area contributed by atoms with Gasteiger partial charge in [0.2, 0.25) is 5.91 Å². The number of benzene rings is 3. The number of nitrogens with zero attached hydrogens (tertiary/aromatic N) is 1. The average Bonchev–Trinajstić information content (AvgIpc) is 2.77. The molecule has 0 bridgehead atoms. The molecule has 0 saturated carbocycles. The van der Waals surface area contributed by atoms with Crippen molar-refractivity contribution in [2.45, 2.75) is 33.2 Å². The fourth-order valence-electron chi connectivity index (χ4n) is 3.32. The molecule has 0 spiro atoms. The largest absolute Gasteiger partial charge is 0.356 e. The van der Waals surface area contributed by atoms with Crippen molar-refractivity contribution in [1.29, 1.82) is 0 Å². The lowest BCUT2D eigenvalue weighted by Gasteiger charge is -2.24. The zero-order valence-electron chi connectivity index (χ0n) is 17.6. The number of aryl methyl sites for hydroxylation is 1. The van der Waals surface area contributed by atoms with E-state index in [1.165, 1.54) is 0 Å². The first kappa shape index (κ1) is 21.3. The van der Waals surface area contributed by atoms with Crippen LogP contribution in [0, 0.1) is 6.92 Å². The second-order valence-electron chi connectivity index (χ2n) is 7.44. The minimum Gasteiger partial charge on any atom is -0.356 e. The molecule has 0 aliphatic rings. The Kier molecular flexibility index (Phi) is 7.39. The molecule has 0 radical (unpaired) electrons. The van der Waals surface area contributed by atoms with E-state index in [0.717, 1.165) is 28.8 Å². The summed E-state index contributed by atoms with van der Waals surface area (Å²) in [6, 6.07) is 25.2. The Hall–Kier alpha value is -3.40. The van der Waals surface area contributed by atoms with Crippen LogP contribution in [0.3, 0.4) is 0 Å². The van der Waals surface area contributed by atoms with Gasteiger partial charge in [-0.25, -0.2) is 0 Å². The van der Waals surface area contributed by atoms with E-state index >= 15 is 0 Å². The monoisotopic (exact) mass is 400 g/mol. The van der Waals surface area contributed by atoms with Crippen LogP contribution < -0.4 is 10.2 Å². The molecular formula is C26H28N2O2. The van der Waals surface area contributed by atoms with Crippen molar-refractivity contribution >= 4 is 17.5 Å². The SMILES string of the molecule is CCCNC(=O)Cc1ccc(N(Cc2cccc(C)c2)C(=O)c2ccccc2)cc1. The summed E-state index contributed by atoms with van der Waals surface area (Å²) >= 11 is 0. The highest BCUT2D eigenvalue weighted by atomic mass is 16.2. The van der Waals surface area contributed by atoms with Gasteiger partial charge in [-0.15, -0.1) is 0 Å². The molecule has 0 saturated heterocycles. The Morgan fingerprint density at radius 2 is 1.60 bits per heavy atom.